The quantitative estimate of drug-likeness (QED) is 0.512. The number of rotatable bonds is 0. The van der Waals surface area contributed by atoms with Gasteiger partial charge in [-0.15, -0.1) is 0 Å². The molecule has 0 fully saturated rings. The van der Waals surface area contributed by atoms with Gasteiger partial charge in [0, 0.05) is 18.8 Å². The third-order valence-corrected chi connectivity index (χ3v) is 3.91. The van der Waals surface area contributed by atoms with E-state index in [1.807, 2.05) is 25.1 Å². The van der Waals surface area contributed by atoms with Gasteiger partial charge in [-0.3, -0.25) is 0 Å². The van der Waals surface area contributed by atoms with E-state index in [-0.39, 0.29) is 11.9 Å². The van der Waals surface area contributed by atoms with Gasteiger partial charge in [0.2, 0.25) is 0 Å². The molecular weight excluding hydrogens is 228 g/mol. The Balaban J connectivity index is 2.26. The second-order valence-corrected chi connectivity index (χ2v) is 4.82. The maximum Gasteiger partial charge on any atom is 0.338 e. The number of carbonyl (C=O) groups is 1. The third kappa shape index (κ3) is 1.11. The molecule has 0 aliphatic carbocycles. The summed E-state index contributed by atoms with van der Waals surface area (Å²) in [5, 5.41) is 9.25. The molecule has 0 unspecified atom stereocenters. The Kier molecular flexibility index (Phi) is 2.02. The van der Waals surface area contributed by atoms with Crippen molar-refractivity contribution < 1.29 is 9.53 Å². The smallest absolute Gasteiger partial charge is 0.338 e. The SMILES string of the molecule is CN1C=C(C#N)[C@H]2c3ccccc3OC(=O)[C@]21C. The number of nitriles is 1. The zero-order chi connectivity index (χ0) is 12.9. The van der Waals surface area contributed by atoms with Gasteiger partial charge in [0.25, 0.3) is 0 Å². The van der Waals surface area contributed by atoms with Crippen molar-refractivity contribution in [3.63, 3.8) is 0 Å². The number of esters is 1. The Bertz CT molecular complexity index is 614. The fourth-order valence-corrected chi connectivity index (χ4v) is 2.76. The molecule has 2 heterocycles. The number of hydrogen-bond donors (Lipinski definition) is 0. The predicted molar refractivity (Wildman–Crippen MR) is 64.7 cm³/mol. The van der Waals surface area contributed by atoms with Crippen molar-refractivity contribution in [3.05, 3.63) is 41.6 Å². The van der Waals surface area contributed by atoms with E-state index in [1.165, 1.54) is 0 Å². The number of hydrogen-bond acceptors (Lipinski definition) is 4. The van der Waals surface area contributed by atoms with Crippen molar-refractivity contribution in [3.8, 4) is 11.8 Å². The Morgan fingerprint density at radius 1 is 1.44 bits per heavy atom. The maximum absolute atomic E-state index is 12.2. The molecule has 0 spiro atoms. The lowest BCUT2D eigenvalue weighted by Gasteiger charge is -2.40. The van der Waals surface area contributed by atoms with Crippen LogP contribution in [0.4, 0.5) is 0 Å². The maximum atomic E-state index is 12.2. The summed E-state index contributed by atoms with van der Waals surface area (Å²) in [5.74, 6) is 0.00146. The van der Waals surface area contributed by atoms with E-state index in [4.69, 9.17) is 4.74 Å². The topological polar surface area (TPSA) is 53.3 Å². The highest BCUT2D eigenvalue weighted by atomic mass is 16.5. The van der Waals surface area contributed by atoms with Crippen molar-refractivity contribution in [2.75, 3.05) is 7.05 Å². The van der Waals surface area contributed by atoms with Crippen LogP contribution in [-0.2, 0) is 4.79 Å². The van der Waals surface area contributed by atoms with E-state index in [0.717, 1.165) is 5.56 Å². The lowest BCUT2D eigenvalue weighted by Crippen LogP contribution is -2.53. The average Bonchev–Trinajstić information content (AvgIpc) is 2.64. The molecule has 4 heteroatoms. The molecule has 0 amide bonds. The van der Waals surface area contributed by atoms with Crippen LogP contribution >= 0.6 is 0 Å². The largest absolute Gasteiger partial charge is 0.424 e. The van der Waals surface area contributed by atoms with E-state index in [0.29, 0.717) is 11.3 Å². The summed E-state index contributed by atoms with van der Waals surface area (Å²) >= 11 is 0. The summed E-state index contributed by atoms with van der Waals surface area (Å²) in [5.41, 5.74) is 0.681. The summed E-state index contributed by atoms with van der Waals surface area (Å²) in [6.07, 6.45) is 1.73. The van der Waals surface area contributed by atoms with Crippen molar-refractivity contribution in [1.29, 1.82) is 5.26 Å². The molecule has 2 aliphatic heterocycles. The van der Waals surface area contributed by atoms with E-state index >= 15 is 0 Å². The van der Waals surface area contributed by atoms with Gasteiger partial charge in [-0.1, -0.05) is 18.2 Å². The van der Waals surface area contributed by atoms with E-state index < -0.39 is 5.54 Å². The van der Waals surface area contributed by atoms with Crippen molar-refractivity contribution in [1.82, 2.24) is 4.90 Å². The van der Waals surface area contributed by atoms with Crippen LogP contribution in [0.15, 0.2) is 36.0 Å². The van der Waals surface area contributed by atoms with Crippen molar-refractivity contribution >= 4 is 5.97 Å². The molecule has 0 bridgehead atoms. The van der Waals surface area contributed by atoms with Crippen LogP contribution < -0.4 is 4.74 Å². The highest BCUT2D eigenvalue weighted by molar-refractivity contribution is 5.89. The molecule has 3 rings (SSSR count). The summed E-state index contributed by atoms with van der Waals surface area (Å²) in [6.45, 7) is 1.82. The number of likely N-dealkylation sites (N-methyl/N-ethyl adjacent to an activating group) is 1. The molecule has 1 aromatic rings. The molecule has 0 saturated carbocycles. The van der Waals surface area contributed by atoms with Gasteiger partial charge < -0.3 is 9.64 Å². The average molecular weight is 240 g/mol. The summed E-state index contributed by atoms with van der Waals surface area (Å²) in [6, 6.07) is 9.58. The highest BCUT2D eigenvalue weighted by Gasteiger charge is 2.55. The molecule has 2 atom stereocenters. The van der Waals surface area contributed by atoms with E-state index in [2.05, 4.69) is 6.07 Å². The normalized spacial score (nSPS) is 28.9. The minimum absolute atomic E-state index is 0.245. The minimum Gasteiger partial charge on any atom is -0.424 e. The second-order valence-electron chi connectivity index (χ2n) is 4.82. The first-order valence-electron chi connectivity index (χ1n) is 5.75. The Morgan fingerprint density at radius 2 is 2.17 bits per heavy atom. The lowest BCUT2D eigenvalue weighted by molar-refractivity contribution is -0.146. The number of benzene rings is 1. The third-order valence-electron chi connectivity index (χ3n) is 3.91. The van der Waals surface area contributed by atoms with Crippen LogP contribution in [0.3, 0.4) is 0 Å². The lowest BCUT2D eigenvalue weighted by atomic mass is 9.76. The number of carbonyl (C=O) groups excluding carboxylic acids is 1. The molecule has 2 aliphatic rings. The first kappa shape index (κ1) is 10.8. The van der Waals surface area contributed by atoms with E-state index in [1.54, 1.807) is 24.2 Å². The molecule has 0 N–H and O–H groups in total. The van der Waals surface area contributed by atoms with E-state index in [9.17, 15) is 10.1 Å². The van der Waals surface area contributed by atoms with Gasteiger partial charge in [0.1, 0.15) is 11.3 Å². The molecule has 0 saturated heterocycles. The highest BCUT2D eigenvalue weighted by Crippen LogP contribution is 2.50. The number of fused-ring (bicyclic) bond motifs is 3. The molecule has 0 aromatic heterocycles. The van der Waals surface area contributed by atoms with Crippen LogP contribution in [0.1, 0.15) is 18.4 Å². The van der Waals surface area contributed by atoms with Crippen molar-refractivity contribution in [2.45, 2.75) is 18.4 Å². The fourth-order valence-electron chi connectivity index (χ4n) is 2.76. The molecule has 0 radical (unpaired) electrons. The first-order chi connectivity index (χ1) is 8.59. The summed E-state index contributed by atoms with van der Waals surface area (Å²) < 4.78 is 5.39. The molecular formula is C14H12N2O2. The number of ether oxygens (including phenoxy) is 1. The van der Waals surface area contributed by atoms with Crippen LogP contribution in [0.2, 0.25) is 0 Å². The Morgan fingerprint density at radius 3 is 2.89 bits per heavy atom. The zero-order valence-corrected chi connectivity index (χ0v) is 10.2. The first-order valence-corrected chi connectivity index (χ1v) is 5.75. The van der Waals surface area contributed by atoms with Crippen LogP contribution in [0.5, 0.6) is 5.75 Å². The Hall–Kier alpha value is -2.28. The van der Waals surface area contributed by atoms with Gasteiger partial charge in [-0.05, 0) is 13.0 Å². The number of nitrogens with zero attached hydrogens (tertiary/aromatic N) is 2. The van der Waals surface area contributed by atoms with Crippen LogP contribution in [-0.4, -0.2) is 23.5 Å². The monoisotopic (exact) mass is 240 g/mol. The molecule has 90 valence electrons. The standard InChI is InChI=1S/C14H12N2O2/c1-14-12(9(7-15)8-16(14)2)10-5-3-4-6-11(10)18-13(14)17/h3-6,8,12H,1-2H3/t12-,14-/m0/s1. The predicted octanol–water partition coefficient (Wildman–Crippen LogP) is 1.80. The van der Waals surface area contributed by atoms with Gasteiger partial charge >= 0.3 is 5.97 Å². The summed E-state index contributed by atoms with van der Waals surface area (Å²) in [7, 11) is 1.80. The second kappa shape index (κ2) is 3.36. The minimum atomic E-state index is -0.820. The molecule has 18 heavy (non-hydrogen) atoms. The fraction of sp³-hybridized carbons (Fsp3) is 0.286. The van der Waals surface area contributed by atoms with Crippen LogP contribution in [0.25, 0.3) is 0 Å². The Labute approximate surface area is 105 Å². The molecule has 4 nitrogen and oxygen atoms in total. The zero-order valence-electron chi connectivity index (χ0n) is 10.2. The summed E-state index contributed by atoms with van der Waals surface area (Å²) in [4.78, 5) is 14.0. The van der Waals surface area contributed by atoms with Crippen molar-refractivity contribution in [2.24, 2.45) is 0 Å². The van der Waals surface area contributed by atoms with Gasteiger partial charge in [0.05, 0.1) is 17.6 Å². The van der Waals surface area contributed by atoms with Gasteiger partial charge in [0.15, 0.2) is 0 Å². The molecule has 1 aromatic carbocycles. The number of para-hydroxylation sites is 1. The van der Waals surface area contributed by atoms with Gasteiger partial charge in [-0.25, -0.2) is 4.79 Å². The van der Waals surface area contributed by atoms with Gasteiger partial charge in [-0.2, -0.15) is 5.26 Å². The van der Waals surface area contributed by atoms with Crippen LogP contribution in [0, 0.1) is 11.3 Å².